The summed E-state index contributed by atoms with van der Waals surface area (Å²) in [4.78, 5) is 8.47. The Hall–Kier alpha value is -3.41. The Bertz CT molecular complexity index is 882. The number of aliphatic imine (C=N–C) groups is 1. The van der Waals surface area contributed by atoms with Gasteiger partial charge in [0.05, 0.1) is 0 Å². The van der Waals surface area contributed by atoms with Crippen LogP contribution in [0.15, 0.2) is 77.9 Å². The maximum absolute atomic E-state index is 13.2. The molecule has 1 heterocycles. The number of nitrogens with one attached hydrogen (secondary N) is 2. The van der Waals surface area contributed by atoms with Crippen molar-refractivity contribution in [3.05, 3.63) is 89.9 Å². The van der Waals surface area contributed by atoms with E-state index in [2.05, 4.69) is 32.7 Å². The number of halogens is 1. The molecule has 0 spiro atoms. The smallest absolute Gasteiger partial charge is 0.219 e. The molecule has 0 aliphatic heterocycles. The lowest BCUT2D eigenvalue weighted by Crippen LogP contribution is -2.36. The van der Waals surface area contributed by atoms with E-state index in [1.165, 1.54) is 17.7 Å². The van der Waals surface area contributed by atoms with Gasteiger partial charge >= 0.3 is 0 Å². The molecule has 3 aromatic rings. The molecular formula is C21H21FN4O. The first kappa shape index (κ1) is 18.4. The van der Waals surface area contributed by atoms with Gasteiger partial charge in [-0.2, -0.15) is 0 Å². The zero-order valence-corrected chi connectivity index (χ0v) is 15.0. The Morgan fingerprint density at radius 2 is 1.74 bits per heavy atom. The molecule has 0 amide bonds. The predicted octanol–water partition coefficient (Wildman–Crippen LogP) is 3.88. The number of rotatable bonds is 6. The number of ether oxygens (including phenoxy) is 1. The molecule has 3 rings (SSSR count). The summed E-state index contributed by atoms with van der Waals surface area (Å²) >= 11 is 0. The third kappa shape index (κ3) is 5.81. The van der Waals surface area contributed by atoms with Crippen LogP contribution in [-0.2, 0) is 13.1 Å². The van der Waals surface area contributed by atoms with Crippen LogP contribution in [0.2, 0.25) is 0 Å². The van der Waals surface area contributed by atoms with E-state index in [0.29, 0.717) is 30.7 Å². The van der Waals surface area contributed by atoms with Gasteiger partial charge in [0.25, 0.3) is 0 Å². The normalized spacial score (nSPS) is 11.1. The first-order chi connectivity index (χ1) is 13.2. The van der Waals surface area contributed by atoms with Crippen LogP contribution in [0.5, 0.6) is 11.6 Å². The van der Waals surface area contributed by atoms with E-state index in [0.717, 1.165) is 5.56 Å². The number of nitrogens with zero attached hydrogens (tertiary/aromatic N) is 2. The van der Waals surface area contributed by atoms with Crippen molar-refractivity contribution in [1.82, 2.24) is 15.6 Å². The lowest BCUT2D eigenvalue weighted by Gasteiger charge is -2.12. The van der Waals surface area contributed by atoms with Crippen LogP contribution in [-0.4, -0.2) is 18.0 Å². The highest BCUT2D eigenvalue weighted by Gasteiger charge is 2.02. The van der Waals surface area contributed by atoms with Gasteiger partial charge < -0.3 is 15.4 Å². The molecule has 0 aliphatic carbocycles. The molecule has 5 nitrogen and oxygen atoms in total. The zero-order chi connectivity index (χ0) is 18.9. The van der Waals surface area contributed by atoms with Crippen molar-refractivity contribution in [2.45, 2.75) is 13.1 Å². The molecule has 0 atom stereocenters. The van der Waals surface area contributed by atoms with Gasteiger partial charge in [0, 0.05) is 38.5 Å². The van der Waals surface area contributed by atoms with Crippen LogP contribution < -0.4 is 15.4 Å². The summed E-state index contributed by atoms with van der Waals surface area (Å²) in [5.74, 6) is 1.19. The summed E-state index contributed by atoms with van der Waals surface area (Å²) < 4.78 is 18.7. The van der Waals surface area contributed by atoms with Crippen molar-refractivity contribution in [3.8, 4) is 11.6 Å². The molecule has 0 saturated carbocycles. The predicted molar refractivity (Wildman–Crippen MR) is 104 cm³/mol. The number of hydrogen-bond donors (Lipinski definition) is 2. The highest BCUT2D eigenvalue weighted by molar-refractivity contribution is 5.79. The second-order valence-electron chi connectivity index (χ2n) is 5.83. The lowest BCUT2D eigenvalue weighted by molar-refractivity contribution is 0.457. The molecule has 1 aromatic heterocycles. The Balaban J connectivity index is 1.50. The van der Waals surface area contributed by atoms with Crippen molar-refractivity contribution in [2.75, 3.05) is 7.05 Å². The van der Waals surface area contributed by atoms with E-state index in [1.807, 2.05) is 24.3 Å². The topological polar surface area (TPSA) is 58.5 Å². The van der Waals surface area contributed by atoms with Crippen LogP contribution in [0.25, 0.3) is 0 Å². The van der Waals surface area contributed by atoms with E-state index < -0.39 is 0 Å². The van der Waals surface area contributed by atoms with E-state index in [-0.39, 0.29) is 5.82 Å². The first-order valence-electron chi connectivity index (χ1n) is 8.60. The standard InChI is InChI=1S/C21H21FN4O/c1-23-21(25-13-16-6-3-2-4-7-16)26-15-17-10-11-20(24-14-17)27-19-9-5-8-18(22)12-19/h2-12,14H,13,15H2,1H3,(H2,23,25,26). The number of guanidine groups is 1. The van der Waals surface area contributed by atoms with Gasteiger partial charge in [-0.05, 0) is 23.3 Å². The van der Waals surface area contributed by atoms with Crippen molar-refractivity contribution in [3.63, 3.8) is 0 Å². The van der Waals surface area contributed by atoms with E-state index in [4.69, 9.17) is 4.74 Å². The van der Waals surface area contributed by atoms with Crippen LogP contribution in [0.4, 0.5) is 4.39 Å². The zero-order valence-electron chi connectivity index (χ0n) is 15.0. The fraction of sp³-hybridized carbons (Fsp3) is 0.143. The van der Waals surface area contributed by atoms with E-state index in [1.54, 1.807) is 31.4 Å². The average Bonchev–Trinajstić information content (AvgIpc) is 2.70. The van der Waals surface area contributed by atoms with Gasteiger partial charge in [-0.3, -0.25) is 4.99 Å². The minimum Gasteiger partial charge on any atom is -0.439 e. The van der Waals surface area contributed by atoms with Crippen LogP contribution in [0.3, 0.4) is 0 Å². The summed E-state index contributed by atoms with van der Waals surface area (Å²) in [6.45, 7) is 1.26. The molecule has 0 bridgehead atoms. The minimum atomic E-state index is -0.345. The van der Waals surface area contributed by atoms with E-state index in [9.17, 15) is 4.39 Å². The second-order valence-corrected chi connectivity index (χ2v) is 5.83. The Morgan fingerprint density at radius 3 is 2.41 bits per heavy atom. The lowest BCUT2D eigenvalue weighted by atomic mass is 10.2. The van der Waals surface area contributed by atoms with Crippen molar-refractivity contribution < 1.29 is 9.13 Å². The fourth-order valence-corrected chi connectivity index (χ4v) is 2.42. The largest absolute Gasteiger partial charge is 0.439 e. The Kier molecular flexibility index (Phi) is 6.35. The SMILES string of the molecule is CN=C(NCc1ccccc1)NCc1ccc(Oc2cccc(F)c2)nc1. The van der Waals surface area contributed by atoms with Gasteiger partial charge in [-0.1, -0.05) is 42.5 Å². The maximum Gasteiger partial charge on any atom is 0.219 e. The Labute approximate surface area is 157 Å². The molecular weight excluding hydrogens is 343 g/mol. The summed E-state index contributed by atoms with van der Waals surface area (Å²) in [5, 5.41) is 6.50. The van der Waals surface area contributed by atoms with Gasteiger partial charge in [0.2, 0.25) is 5.88 Å². The summed E-state index contributed by atoms with van der Waals surface area (Å²) in [6.07, 6.45) is 1.71. The van der Waals surface area contributed by atoms with Crippen molar-refractivity contribution in [2.24, 2.45) is 4.99 Å². The highest BCUT2D eigenvalue weighted by Crippen LogP contribution is 2.19. The number of pyridine rings is 1. The molecule has 2 aromatic carbocycles. The molecule has 27 heavy (non-hydrogen) atoms. The van der Waals surface area contributed by atoms with Crippen LogP contribution in [0.1, 0.15) is 11.1 Å². The summed E-state index contributed by atoms with van der Waals surface area (Å²) in [7, 11) is 1.73. The minimum absolute atomic E-state index is 0.345. The number of benzene rings is 2. The molecule has 0 saturated heterocycles. The van der Waals surface area contributed by atoms with Gasteiger partial charge in [-0.15, -0.1) is 0 Å². The Morgan fingerprint density at radius 1 is 0.963 bits per heavy atom. The first-order valence-corrected chi connectivity index (χ1v) is 8.60. The molecule has 0 unspecified atom stereocenters. The van der Waals surface area contributed by atoms with Gasteiger partial charge in [-0.25, -0.2) is 9.37 Å². The maximum atomic E-state index is 13.2. The molecule has 0 aliphatic rings. The van der Waals surface area contributed by atoms with E-state index >= 15 is 0 Å². The second kappa shape index (κ2) is 9.33. The highest BCUT2D eigenvalue weighted by atomic mass is 19.1. The van der Waals surface area contributed by atoms with Crippen molar-refractivity contribution >= 4 is 5.96 Å². The number of aromatic nitrogens is 1. The summed E-state index contributed by atoms with van der Waals surface area (Å²) in [5.41, 5.74) is 2.16. The van der Waals surface area contributed by atoms with Crippen LogP contribution >= 0.6 is 0 Å². The van der Waals surface area contributed by atoms with Crippen molar-refractivity contribution in [1.29, 1.82) is 0 Å². The third-order valence-electron chi connectivity index (χ3n) is 3.80. The average molecular weight is 364 g/mol. The molecule has 0 radical (unpaired) electrons. The molecule has 0 fully saturated rings. The molecule has 2 N–H and O–H groups in total. The van der Waals surface area contributed by atoms with Gasteiger partial charge in [0.15, 0.2) is 5.96 Å². The fourth-order valence-electron chi connectivity index (χ4n) is 2.42. The quantitative estimate of drug-likeness (QED) is 0.515. The molecule has 6 heteroatoms. The number of hydrogen-bond acceptors (Lipinski definition) is 3. The third-order valence-corrected chi connectivity index (χ3v) is 3.80. The van der Waals surface area contributed by atoms with Gasteiger partial charge in [0.1, 0.15) is 11.6 Å². The molecule has 138 valence electrons. The monoisotopic (exact) mass is 364 g/mol. The van der Waals surface area contributed by atoms with Crippen LogP contribution in [0, 0.1) is 5.82 Å². The summed E-state index contributed by atoms with van der Waals surface area (Å²) in [6, 6.07) is 19.7.